The summed E-state index contributed by atoms with van der Waals surface area (Å²) in [5.74, 6) is 1.45. The van der Waals surface area contributed by atoms with Crippen molar-refractivity contribution in [1.82, 2.24) is 5.32 Å². The first-order valence-corrected chi connectivity index (χ1v) is 8.31. The van der Waals surface area contributed by atoms with E-state index >= 15 is 0 Å². The van der Waals surface area contributed by atoms with Gasteiger partial charge in [0.15, 0.2) is 0 Å². The molecule has 1 aliphatic carbocycles. The number of nitrogens with one attached hydrogen (secondary N) is 1. The highest BCUT2D eigenvalue weighted by atomic mass is 32.2. The molecule has 0 aromatic heterocycles. The smallest absolute Gasteiger partial charge is 0.326 e. The van der Waals surface area contributed by atoms with Crippen molar-refractivity contribution in [2.45, 2.75) is 63.7 Å². The minimum absolute atomic E-state index is 0.0717. The molecule has 0 spiro atoms. The molecule has 4 heteroatoms. The first kappa shape index (κ1) is 16.8. The second kappa shape index (κ2) is 6.98. The monoisotopic (exact) mass is 287 g/mol. The first-order chi connectivity index (χ1) is 8.85. The van der Waals surface area contributed by atoms with Crippen LogP contribution in [-0.2, 0) is 9.53 Å². The maximum Gasteiger partial charge on any atom is 0.326 e. The van der Waals surface area contributed by atoms with Crippen LogP contribution in [0.3, 0.4) is 0 Å². The zero-order valence-corrected chi connectivity index (χ0v) is 13.9. The molecule has 19 heavy (non-hydrogen) atoms. The average molecular weight is 287 g/mol. The fourth-order valence-electron chi connectivity index (χ4n) is 3.05. The van der Waals surface area contributed by atoms with Crippen LogP contribution >= 0.6 is 11.8 Å². The second-order valence-electron chi connectivity index (χ2n) is 6.33. The van der Waals surface area contributed by atoms with E-state index in [1.807, 2.05) is 11.8 Å². The lowest BCUT2D eigenvalue weighted by atomic mass is 9.85. The lowest BCUT2D eigenvalue weighted by Gasteiger charge is -2.34. The maximum atomic E-state index is 12.2. The Morgan fingerprint density at radius 1 is 1.47 bits per heavy atom. The highest BCUT2D eigenvalue weighted by Gasteiger charge is 2.48. The van der Waals surface area contributed by atoms with Crippen molar-refractivity contribution in [3.63, 3.8) is 0 Å². The van der Waals surface area contributed by atoms with E-state index in [1.54, 1.807) is 0 Å². The highest BCUT2D eigenvalue weighted by Crippen LogP contribution is 2.40. The third kappa shape index (κ3) is 4.38. The number of rotatable bonds is 6. The molecule has 0 radical (unpaired) electrons. The van der Waals surface area contributed by atoms with Gasteiger partial charge in [0.1, 0.15) is 5.54 Å². The molecule has 1 N–H and O–H groups in total. The van der Waals surface area contributed by atoms with Gasteiger partial charge >= 0.3 is 5.97 Å². The summed E-state index contributed by atoms with van der Waals surface area (Å²) in [5.41, 5.74) is -0.429. The fraction of sp³-hybridized carbons (Fsp3) is 0.933. The molecule has 0 aliphatic heterocycles. The van der Waals surface area contributed by atoms with Crippen molar-refractivity contribution in [3.8, 4) is 0 Å². The molecule has 0 bridgehead atoms. The number of hydrogen-bond acceptors (Lipinski definition) is 4. The molecule has 2 unspecified atom stereocenters. The summed E-state index contributed by atoms with van der Waals surface area (Å²) < 4.78 is 5.36. The molecule has 0 amide bonds. The maximum absolute atomic E-state index is 12.2. The summed E-state index contributed by atoms with van der Waals surface area (Å²) in [6.45, 7) is 9.60. The molecular weight excluding hydrogens is 258 g/mol. The average Bonchev–Trinajstić information content (AvgIpc) is 2.71. The molecule has 0 aromatic rings. The Kier molecular flexibility index (Phi) is 6.18. The Morgan fingerprint density at radius 3 is 2.68 bits per heavy atom. The normalized spacial score (nSPS) is 27.5. The van der Waals surface area contributed by atoms with Gasteiger partial charge in [-0.15, -0.1) is 0 Å². The van der Waals surface area contributed by atoms with Gasteiger partial charge in [-0.2, -0.15) is 11.8 Å². The molecule has 112 valence electrons. The number of methoxy groups -OCH3 is 1. The van der Waals surface area contributed by atoms with Crippen LogP contribution in [0.5, 0.6) is 0 Å². The Balaban J connectivity index is 2.66. The van der Waals surface area contributed by atoms with Gasteiger partial charge in [-0.1, -0.05) is 34.1 Å². The van der Waals surface area contributed by atoms with Gasteiger partial charge in [0.2, 0.25) is 0 Å². The summed E-state index contributed by atoms with van der Waals surface area (Å²) in [7, 11) is 1.50. The van der Waals surface area contributed by atoms with Crippen LogP contribution in [-0.4, -0.2) is 35.7 Å². The van der Waals surface area contributed by atoms with Gasteiger partial charge in [0.25, 0.3) is 0 Å². The zero-order valence-electron chi connectivity index (χ0n) is 13.0. The van der Waals surface area contributed by atoms with Gasteiger partial charge in [0.05, 0.1) is 7.11 Å². The molecule has 0 aromatic carbocycles. The minimum atomic E-state index is -0.429. The van der Waals surface area contributed by atoms with Gasteiger partial charge in [-0.3, -0.25) is 4.79 Å². The molecule has 2 atom stereocenters. The number of likely N-dealkylation sites (N-methyl/N-ethyl adjacent to an activating group) is 1. The Hall–Kier alpha value is -0.220. The number of esters is 1. The summed E-state index contributed by atoms with van der Waals surface area (Å²) in [5, 5.41) is 3.42. The van der Waals surface area contributed by atoms with Crippen LogP contribution in [0, 0.1) is 5.92 Å². The first-order valence-electron chi connectivity index (χ1n) is 7.33. The summed E-state index contributed by atoms with van der Waals surface area (Å²) in [6, 6.07) is 0. The van der Waals surface area contributed by atoms with Crippen molar-refractivity contribution in [1.29, 1.82) is 0 Å². The molecule has 0 saturated heterocycles. The van der Waals surface area contributed by atoms with E-state index in [1.165, 1.54) is 7.11 Å². The Labute approximate surface area is 122 Å². The Morgan fingerprint density at radius 2 is 2.16 bits per heavy atom. The van der Waals surface area contributed by atoms with E-state index in [9.17, 15) is 4.79 Å². The van der Waals surface area contributed by atoms with Gasteiger partial charge in [0, 0.05) is 4.75 Å². The minimum Gasteiger partial charge on any atom is -0.468 e. The largest absolute Gasteiger partial charge is 0.468 e. The fourth-order valence-corrected chi connectivity index (χ4v) is 4.06. The summed E-state index contributed by atoms with van der Waals surface area (Å²) in [4.78, 5) is 12.2. The van der Waals surface area contributed by atoms with E-state index in [0.29, 0.717) is 10.7 Å². The van der Waals surface area contributed by atoms with Crippen molar-refractivity contribution in [3.05, 3.63) is 0 Å². The summed E-state index contributed by atoms with van der Waals surface area (Å²) in [6.07, 6.45) is 4.25. The van der Waals surface area contributed by atoms with Gasteiger partial charge in [-0.25, -0.2) is 0 Å². The second-order valence-corrected chi connectivity index (χ2v) is 8.25. The number of carbonyl (C=O) groups excluding carboxylic acids is 1. The van der Waals surface area contributed by atoms with Crippen LogP contribution in [0.15, 0.2) is 0 Å². The van der Waals surface area contributed by atoms with E-state index < -0.39 is 5.54 Å². The number of hydrogen-bond donors (Lipinski definition) is 1. The zero-order chi connectivity index (χ0) is 14.5. The topological polar surface area (TPSA) is 38.3 Å². The molecule has 1 rings (SSSR count). The van der Waals surface area contributed by atoms with Crippen molar-refractivity contribution >= 4 is 17.7 Å². The lowest BCUT2D eigenvalue weighted by molar-refractivity contribution is -0.150. The molecule has 0 heterocycles. The predicted molar refractivity (Wildman–Crippen MR) is 82.6 cm³/mol. The number of thioether (sulfide) groups is 1. The van der Waals surface area contributed by atoms with Crippen LogP contribution in [0.25, 0.3) is 0 Å². The van der Waals surface area contributed by atoms with E-state index in [2.05, 4.69) is 33.0 Å². The Bertz CT molecular complexity index is 301. The molecule has 1 aliphatic rings. The molecule has 1 saturated carbocycles. The van der Waals surface area contributed by atoms with Crippen LogP contribution in [0.1, 0.15) is 53.4 Å². The number of ether oxygens (including phenoxy) is 1. The van der Waals surface area contributed by atoms with Crippen LogP contribution in [0.2, 0.25) is 0 Å². The molecule has 1 fully saturated rings. The quantitative estimate of drug-likeness (QED) is 0.761. The number of carbonyl (C=O) groups is 1. The predicted octanol–water partition coefficient (Wildman–Crippen LogP) is 3.23. The van der Waals surface area contributed by atoms with Crippen LogP contribution in [0.4, 0.5) is 0 Å². The van der Waals surface area contributed by atoms with E-state index in [-0.39, 0.29) is 5.97 Å². The summed E-state index contributed by atoms with van der Waals surface area (Å²) >= 11 is 1.98. The van der Waals surface area contributed by atoms with E-state index in [4.69, 9.17) is 4.74 Å². The van der Waals surface area contributed by atoms with Gasteiger partial charge in [-0.05, 0) is 37.5 Å². The highest BCUT2D eigenvalue weighted by molar-refractivity contribution is 8.00. The van der Waals surface area contributed by atoms with Crippen LogP contribution < -0.4 is 5.32 Å². The standard InChI is InChI=1S/C15H29NO2S/c1-6-16-15(13(17)18-5)10-7-8-12(15)9-11-19-14(2,3)4/h12,16H,6-11H2,1-5H3. The SMILES string of the molecule is CCNC1(C(=O)OC)CCCC1CCSC(C)(C)C. The lowest BCUT2D eigenvalue weighted by Crippen LogP contribution is -2.55. The van der Waals surface area contributed by atoms with E-state index in [0.717, 1.165) is 38.0 Å². The third-order valence-electron chi connectivity index (χ3n) is 3.86. The van der Waals surface area contributed by atoms with Gasteiger partial charge < -0.3 is 10.1 Å². The third-order valence-corrected chi connectivity index (χ3v) is 5.17. The van der Waals surface area contributed by atoms with Crippen molar-refractivity contribution < 1.29 is 9.53 Å². The van der Waals surface area contributed by atoms with Crippen molar-refractivity contribution in [2.75, 3.05) is 19.4 Å². The molecule has 3 nitrogen and oxygen atoms in total. The van der Waals surface area contributed by atoms with Crippen molar-refractivity contribution in [2.24, 2.45) is 5.92 Å². The molecular formula is C15H29NO2S.